The van der Waals surface area contributed by atoms with Crippen LogP contribution in [0.15, 0.2) is 34.1 Å². The van der Waals surface area contributed by atoms with Crippen molar-refractivity contribution in [2.45, 2.75) is 25.7 Å². The number of ether oxygens (including phenoxy) is 1. The Bertz CT molecular complexity index is 993. The smallest absolute Gasteiger partial charge is 0.213 e. The number of nitrogens with one attached hydrogen (secondary N) is 2. The van der Waals surface area contributed by atoms with Gasteiger partial charge in [-0.05, 0) is 24.8 Å². The van der Waals surface area contributed by atoms with Crippen LogP contribution in [0.3, 0.4) is 0 Å². The summed E-state index contributed by atoms with van der Waals surface area (Å²) in [5, 5.41) is 12.3. The van der Waals surface area contributed by atoms with Gasteiger partial charge in [0.2, 0.25) is 5.88 Å². The van der Waals surface area contributed by atoms with Crippen molar-refractivity contribution in [1.29, 1.82) is 0 Å². The van der Waals surface area contributed by atoms with Crippen LogP contribution >= 0.6 is 22.7 Å². The molecule has 150 valence electrons. The van der Waals surface area contributed by atoms with Crippen LogP contribution in [0, 0.1) is 5.92 Å². The van der Waals surface area contributed by atoms with Gasteiger partial charge in [-0.1, -0.05) is 12.8 Å². The zero-order chi connectivity index (χ0) is 19.5. The van der Waals surface area contributed by atoms with Gasteiger partial charge in [0, 0.05) is 41.7 Å². The summed E-state index contributed by atoms with van der Waals surface area (Å²) in [6, 6.07) is 3.94. The van der Waals surface area contributed by atoms with E-state index in [9.17, 15) is 0 Å². The number of hydrogen-bond acceptors (Lipinski definition) is 9. The second-order valence-electron chi connectivity index (χ2n) is 7.18. The maximum Gasteiger partial charge on any atom is 0.213 e. The van der Waals surface area contributed by atoms with E-state index in [0.29, 0.717) is 5.88 Å². The predicted molar refractivity (Wildman–Crippen MR) is 118 cm³/mol. The molecule has 0 bridgehead atoms. The Morgan fingerprint density at radius 3 is 2.83 bits per heavy atom. The fraction of sp³-hybridized carbons (Fsp3) is 0.400. The Labute approximate surface area is 177 Å². The molecule has 1 aliphatic carbocycles. The molecule has 1 aliphatic heterocycles. The van der Waals surface area contributed by atoms with Crippen molar-refractivity contribution < 1.29 is 4.74 Å². The highest BCUT2D eigenvalue weighted by molar-refractivity contribution is 7.14. The van der Waals surface area contributed by atoms with Crippen LogP contribution in [0.5, 0.6) is 5.88 Å². The number of aromatic nitrogens is 3. The number of aliphatic imine (C=N–C) groups is 1. The van der Waals surface area contributed by atoms with Crippen molar-refractivity contribution in [2.24, 2.45) is 10.9 Å². The molecule has 0 unspecified atom stereocenters. The fourth-order valence-corrected chi connectivity index (χ4v) is 4.53. The van der Waals surface area contributed by atoms with Crippen LogP contribution in [-0.2, 0) is 0 Å². The van der Waals surface area contributed by atoms with Gasteiger partial charge >= 0.3 is 0 Å². The summed E-state index contributed by atoms with van der Waals surface area (Å²) in [5.41, 5.74) is 2.73. The van der Waals surface area contributed by atoms with Gasteiger partial charge in [0.05, 0.1) is 6.61 Å². The number of guanidine groups is 1. The fourth-order valence-electron chi connectivity index (χ4n) is 3.02. The largest absolute Gasteiger partial charge is 0.478 e. The van der Waals surface area contributed by atoms with Gasteiger partial charge in [-0.3, -0.25) is 4.99 Å². The van der Waals surface area contributed by atoms with Gasteiger partial charge in [-0.15, -0.1) is 22.7 Å². The van der Waals surface area contributed by atoms with Gasteiger partial charge in [-0.25, -0.2) is 15.0 Å². The molecule has 2 aliphatic rings. The van der Waals surface area contributed by atoms with E-state index in [4.69, 9.17) is 9.72 Å². The van der Waals surface area contributed by atoms with Crippen LogP contribution in [0.1, 0.15) is 25.7 Å². The van der Waals surface area contributed by atoms with Crippen LogP contribution in [0.25, 0.3) is 22.0 Å². The first-order valence-corrected chi connectivity index (χ1v) is 11.7. The highest BCUT2D eigenvalue weighted by Gasteiger charge is 2.20. The predicted octanol–water partition coefficient (Wildman–Crippen LogP) is 4.27. The van der Waals surface area contributed by atoms with Crippen molar-refractivity contribution in [3.63, 3.8) is 0 Å². The molecule has 0 radical (unpaired) electrons. The Hall–Kier alpha value is -2.52. The van der Waals surface area contributed by atoms with Gasteiger partial charge < -0.3 is 15.4 Å². The van der Waals surface area contributed by atoms with E-state index in [-0.39, 0.29) is 0 Å². The molecule has 5 rings (SSSR count). The number of anilines is 1. The molecule has 7 nitrogen and oxygen atoms in total. The summed E-state index contributed by atoms with van der Waals surface area (Å²) in [6.45, 7) is 2.54. The van der Waals surface area contributed by atoms with Gasteiger partial charge in [0.15, 0.2) is 11.1 Å². The zero-order valence-corrected chi connectivity index (χ0v) is 17.6. The Morgan fingerprint density at radius 1 is 1.14 bits per heavy atom. The molecule has 2 N–H and O–H groups in total. The summed E-state index contributed by atoms with van der Waals surface area (Å²) >= 11 is 3.15. The van der Waals surface area contributed by atoms with Gasteiger partial charge in [-0.2, -0.15) is 0 Å². The Balaban J connectivity index is 1.22. The lowest BCUT2D eigenvalue weighted by molar-refractivity contribution is 0.291. The van der Waals surface area contributed by atoms with E-state index in [1.54, 1.807) is 22.7 Å². The molecule has 0 aromatic carbocycles. The highest BCUT2D eigenvalue weighted by Crippen LogP contribution is 2.33. The average Bonchev–Trinajstić information content (AvgIpc) is 3.25. The minimum absolute atomic E-state index is 0.681. The summed E-state index contributed by atoms with van der Waals surface area (Å²) in [4.78, 5) is 18.2. The molecule has 29 heavy (non-hydrogen) atoms. The number of nitrogens with zero attached hydrogens (tertiary/aromatic N) is 4. The normalized spacial score (nSPS) is 16.2. The molecule has 1 fully saturated rings. The molecule has 4 heterocycles. The van der Waals surface area contributed by atoms with E-state index in [2.05, 4.69) is 25.6 Å². The van der Waals surface area contributed by atoms with Crippen molar-refractivity contribution in [3.8, 4) is 27.8 Å². The van der Waals surface area contributed by atoms with Crippen LogP contribution in [-0.4, -0.2) is 40.6 Å². The van der Waals surface area contributed by atoms with Crippen molar-refractivity contribution >= 4 is 33.8 Å². The quantitative estimate of drug-likeness (QED) is 0.587. The SMILES string of the molecule is c1cc(OCCC2CC2)ncc1-c1nc(-c2csc(NC3=NCCCN3)n2)cs1. The lowest BCUT2D eigenvalue weighted by atomic mass is 10.3. The molecular weight excluding hydrogens is 404 g/mol. The number of pyridine rings is 1. The van der Waals surface area contributed by atoms with E-state index in [0.717, 1.165) is 71.5 Å². The Kier molecular flexibility index (Phi) is 5.40. The maximum atomic E-state index is 5.73. The van der Waals surface area contributed by atoms with E-state index in [1.165, 1.54) is 12.8 Å². The summed E-state index contributed by atoms with van der Waals surface area (Å²) in [6.07, 6.45) is 6.73. The van der Waals surface area contributed by atoms with E-state index >= 15 is 0 Å². The molecule has 0 atom stereocenters. The highest BCUT2D eigenvalue weighted by atomic mass is 32.1. The first-order valence-electron chi connectivity index (χ1n) is 9.89. The van der Waals surface area contributed by atoms with Gasteiger partial charge in [0.25, 0.3) is 0 Å². The third kappa shape index (κ3) is 4.73. The van der Waals surface area contributed by atoms with Crippen LogP contribution < -0.4 is 15.4 Å². The second kappa shape index (κ2) is 8.46. The topological polar surface area (TPSA) is 84.3 Å². The van der Waals surface area contributed by atoms with E-state index < -0.39 is 0 Å². The Morgan fingerprint density at radius 2 is 2.03 bits per heavy atom. The molecule has 1 saturated carbocycles. The second-order valence-corrected chi connectivity index (χ2v) is 8.89. The molecule has 3 aromatic heterocycles. The standard InChI is InChI=1S/C20H22N6OS2/c1-7-21-19(22-8-1)26-20-25-16(12-29-20)15-11-28-18(24-15)14-4-5-17(23-10-14)27-9-6-13-2-3-13/h4-5,10-13H,1-3,6-9H2,(H2,21,22,25,26). The summed E-state index contributed by atoms with van der Waals surface area (Å²) < 4.78 is 5.73. The van der Waals surface area contributed by atoms with Crippen LogP contribution in [0.2, 0.25) is 0 Å². The molecule has 0 spiro atoms. The van der Waals surface area contributed by atoms with Crippen molar-refractivity contribution in [1.82, 2.24) is 20.3 Å². The number of rotatable bonds is 7. The minimum atomic E-state index is 0.681. The maximum absolute atomic E-state index is 5.73. The third-order valence-corrected chi connectivity index (χ3v) is 6.50. The van der Waals surface area contributed by atoms with Crippen molar-refractivity contribution in [3.05, 3.63) is 29.1 Å². The van der Waals surface area contributed by atoms with Gasteiger partial charge in [0.1, 0.15) is 16.4 Å². The molecular formula is C20H22N6OS2. The minimum Gasteiger partial charge on any atom is -0.478 e. The summed E-state index contributed by atoms with van der Waals surface area (Å²) in [7, 11) is 0. The molecule has 9 heteroatoms. The number of hydrogen-bond donors (Lipinski definition) is 2. The molecule has 0 amide bonds. The molecule has 3 aromatic rings. The number of thiazole rings is 2. The zero-order valence-electron chi connectivity index (χ0n) is 15.9. The monoisotopic (exact) mass is 426 g/mol. The summed E-state index contributed by atoms with van der Waals surface area (Å²) in [5.74, 6) is 2.35. The third-order valence-electron chi connectivity index (χ3n) is 4.85. The molecule has 0 saturated heterocycles. The van der Waals surface area contributed by atoms with E-state index in [1.807, 2.05) is 29.1 Å². The first-order chi connectivity index (χ1) is 14.3. The lowest BCUT2D eigenvalue weighted by Crippen LogP contribution is -2.35. The van der Waals surface area contributed by atoms with Crippen LogP contribution in [0.4, 0.5) is 5.13 Å². The lowest BCUT2D eigenvalue weighted by Gasteiger charge is -2.13. The average molecular weight is 427 g/mol. The first kappa shape index (κ1) is 18.5. The van der Waals surface area contributed by atoms with Crippen molar-refractivity contribution in [2.75, 3.05) is 25.0 Å².